The predicted molar refractivity (Wildman–Crippen MR) is 41.2 cm³/mol. The summed E-state index contributed by atoms with van der Waals surface area (Å²) >= 11 is 0. The molecule has 0 amide bonds. The Kier molecular flexibility index (Phi) is 2.77. The van der Waals surface area contributed by atoms with Gasteiger partial charge in [-0.2, -0.15) is 8.78 Å². The zero-order chi connectivity index (χ0) is 9.19. The van der Waals surface area contributed by atoms with Gasteiger partial charge in [-0.25, -0.2) is 0 Å². The molecule has 1 N–H and O–H groups in total. The molecule has 0 aromatic heterocycles. The van der Waals surface area contributed by atoms with Crippen molar-refractivity contribution in [1.29, 1.82) is 0 Å². The SMILES string of the molecule is CC(=O)C(F)(F)C1CCCNC1. The molecular weight excluding hydrogens is 164 g/mol. The van der Waals surface area contributed by atoms with Crippen LogP contribution in [-0.4, -0.2) is 24.8 Å². The summed E-state index contributed by atoms with van der Waals surface area (Å²) in [4.78, 5) is 10.6. The number of Topliss-reactive ketones (excluding diaryl/α,β-unsaturated/α-hetero) is 1. The van der Waals surface area contributed by atoms with Crippen LogP contribution in [0, 0.1) is 5.92 Å². The lowest BCUT2D eigenvalue weighted by molar-refractivity contribution is -0.150. The maximum Gasteiger partial charge on any atom is 0.308 e. The lowest BCUT2D eigenvalue weighted by Gasteiger charge is -2.28. The van der Waals surface area contributed by atoms with Crippen molar-refractivity contribution in [2.45, 2.75) is 25.7 Å². The van der Waals surface area contributed by atoms with E-state index < -0.39 is 17.6 Å². The maximum absolute atomic E-state index is 13.0. The Hall–Kier alpha value is -0.510. The monoisotopic (exact) mass is 177 g/mol. The van der Waals surface area contributed by atoms with E-state index in [1.54, 1.807) is 0 Å². The van der Waals surface area contributed by atoms with Crippen molar-refractivity contribution in [3.8, 4) is 0 Å². The Morgan fingerprint density at radius 3 is 2.67 bits per heavy atom. The molecule has 0 saturated carbocycles. The molecule has 0 aromatic carbocycles. The molecule has 1 fully saturated rings. The number of hydrogen-bond donors (Lipinski definition) is 1. The molecule has 12 heavy (non-hydrogen) atoms. The van der Waals surface area contributed by atoms with Gasteiger partial charge in [0.15, 0.2) is 5.78 Å². The highest BCUT2D eigenvalue weighted by molar-refractivity contribution is 5.83. The van der Waals surface area contributed by atoms with Gasteiger partial charge in [0.05, 0.1) is 0 Å². The summed E-state index contributed by atoms with van der Waals surface area (Å²) in [6.45, 7) is 1.99. The number of rotatable bonds is 2. The van der Waals surface area contributed by atoms with Crippen molar-refractivity contribution >= 4 is 5.78 Å². The molecule has 0 spiro atoms. The zero-order valence-corrected chi connectivity index (χ0v) is 7.07. The summed E-state index contributed by atoms with van der Waals surface area (Å²) in [5.74, 6) is -4.95. The minimum absolute atomic E-state index is 0.257. The van der Waals surface area contributed by atoms with Gasteiger partial charge in [0.1, 0.15) is 0 Å². The summed E-state index contributed by atoms with van der Waals surface area (Å²) in [5, 5.41) is 2.86. The molecule has 0 aromatic rings. The third-order valence-electron chi connectivity index (χ3n) is 2.28. The first kappa shape index (κ1) is 9.58. The fourth-order valence-corrected chi connectivity index (χ4v) is 1.45. The van der Waals surface area contributed by atoms with Gasteiger partial charge in [0.2, 0.25) is 0 Å². The molecule has 0 bridgehead atoms. The van der Waals surface area contributed by atoms with Gasteiger partial charge < -0.3 is 5.32 Å². The first-order valence-electron chi connectivity index (χ1n) is 4.14. The second kappa shape index (κ2) is 3.47. The van der Waals surface area contributed by atoms with Crippen molar-refractivity contribution in [2.75, 3.05) is 13.1 Å². The van der Waals surface area contributed by atoms with Crippen LogP contribution in [0.5, 0.6) is 0 Å². The molecule has 4 heteroatoms. The largest absolute Gasteiger partial charge is 0.316 e. The van der Waals surface area contributed by atoms with Crippen molar-refractivity contribution in [1.82, 2.24) is 5.32 Å². The fourth-order valence-electron chi connectivity index (χ4n) is 1.45. The second-order valence-electron chi connectivity index (χ2n) is 3.22. The summed E-state index contributed by atoms with van der Waals surface area (Å²) in [7, 11) is 0. The number of halogens is 2. The number of piperidine rings is 1. The van der Waals surface area contributed by atoms with E-state index >= 15 is 0 Å². The third-order valence-corrected chi connectivity index (χ3v) is 2.28. The molecule has 1 unspecified atom stereocenters. The molecule has 2 nitrogen and oxygen atoms in total. The molecule has 0 radical (unpaired) electrons. The standard InChI is InChI=1S/C8H13F2NO/c1-6(12)8(9,10)7-3-2-4-11-5-7/h7,11H,2-5H2,1H3. The summed E-state index contributed by atoms with van der Waals surface area (Å²) < 4.78 is 26.1. The van der Waals surface area contributed by atoms with E-state index in [9.17, 15) is 13.6 Å². The summed E-state index contributed by atoms with van der Waals surface area (Å²) in [6, 6.07) is 0. The number of nitrogens with one attached hydrogen (secondary N) is 1. The molecular formula is C8H13F2NO. The number of hydrogen-bond acceptors (Lipinski definition) is 2. The Morgan fingerprint density at radius 1 is 1.58 bits per heavy atom. The van der Waals surface area contributed by atoms with Crippen LogP contribution in [0.15, 0.2) is 0 Å². The van der Waals surface area contributed by atoms with Gasteiger partial charge in [-0.1, -0.05) is 0 Å². The van der Waals surface area contributed by atoms with Crippen molar-refractivity contribution in [3.05, 3.63) is 0 Å². The van der Waals surface area contributed by atoms with Gasteiger partial charge in [-0.3, -0.25) is 4.79 Å². The quantitative estimate of drug-likeness (QED) is 0.687. The smallest absolute Gasteiger partial charge is 0.308 e. The molecule has 70 valence electrons. The van der Waals surface area contributed by atoms with E-state index in [1.165, 1.54) is 0 Å². The minimum atomic E-state index is -3.13. The minimum Gasteiger partial charge on any atom is -0.316 e. The van der Waals surface area contributed by atoms with E-state index in [4.69, 9.17) is 0 Å². The third kappa shape index (κ3) is 1.80. The Labute approximate surface area is 70.3 Å². The topological polar surface area (TPSA) is 29.1 Å². The average Bonchev–Trinajstić information content (AvgIpc) is 2.06. The Balaban J connectivity index is 2.59. The summed E-state index contributed by atoms with van der Waals surface area (Å²) in [6.07, 6.45) is 1.17. The molecule has 1 heterocycles. The lowest BCUT2D eigenvalue weighted by atomic mass is 9.91. The van der Waals surface area contributed by atoms with E-state index in [2.05, 4.69) is 5.32 Å². The van der Waals surface area contributed by atoms with Crippen LogP contribution in [-0.2, 0) is 4.79 Å². The fraction of sp³-hybridized carbons (Fsp3) is 0.875. The number of carbonyl (C=O) groups excluding carboxylic acids is 1. The number of carbonyl (C=O) groups is 1. The highest BCUT2D eigenvalue weighted by Crippen LogP contribution is 2.30. The Bertz CT molecular complexity index is 176. The lowest BCUT2D eigenvalue weighted by Crippen LogP contribution is -2.44. The Morgan fingerprint density at radius 2 is 2.25 bits per heavy atom. The van der Waals surface area contributed by atoms with Crippen molar-refractivity contribution in [3.63, 3.8) is 0 Å². The van der Waals surface area contributed by atoms with Crippen LogP contribution in [0.3, 0.4) is 0 Å². The molecule has 1 saturated heterocycles. The van der Waals surface area contributed by atoms with Gasteiger partial charge in [-0.15, -0.1) is 0 Å². The highest BCUT2D eigenvalue weighted by Gasteiger charge is 2.44. The van der Waals surface area contributed by atoms with Crippen LogP contribution >= 0.6 is 0 Å². The van der Waals surface area contributed by atoms with E-state index in [0.717, 1.165) is 19.9 Å². The van der Waals surface area contributed by atoms with E-state index in [-0.39, 0.29) is 6.54 Å². The first-order chi connectivity index (χ1) is 5.55. The van der Waals surface area contributed by atoms with Crippen LogP contribution in [0.4, 0.5) is 8.78 Å². The van der Waals surface area contributed by atoms with Crippen LogP contribution in [0.1, 0.15) is 19.8 Å². The van der Waals surface area contributed by atoms with Gasteiger partial charge in [0, 0.05) is 19.4 Å². The van der Waals surface area contributed by atoms with Crippen LogP contribution in [0.25, 0.3) is 0 Å². The van der Waals surface area contributed by atoms with E-state index in [0.29, 0.717) is 6.42 Å². The highest BCUT2D eigenvalue weighted by atomic mass is 19.3. The normalized spacial score (nSPS) is 25.4. The van der Waals surface area contributed by atoms with Gasteiger partial charge in [-0.05, 0) is 19.4 Å². The second-order valence-corrected chi connectivity index (χ2v) is 3.22. The molecule has 1 atom stereocenters. The molecule has 1 aliphatic heterocycles. The molecule has 1 rings (SSSR count). The van der Waals surface area contributed by atoms with E-state index in [1.807, 2.05) is 0 Å². The summed E-state index contributed by atoms with van der Waals surface area (Å²) in [5.41, 5.74) is 0. The molecule has 0 aliphatic carbocycles. The van der Waals surface area contributed by atoms with Crippen LogP contribution in [0.2, 0.25) is 0 Å². The van der Waals surface area contributed by atoms with Crippen LogP contribution < -0.4 is 5.32 Å². The zero-order valence-electron chi connectivity index (χ0n) is 7.07. The first-order valence-corrected chi connectivity index (χ1v) is 4.14. The van der Waals surface area contributed by atoms with Crippen molar-refractivity contribution < 1.29 is 13.6 Å². The maximum atomic E-state index is 13.0. The number of alkyl halides is 2. The van der Waals surface area contributed by atoms with Crippen molar-refractivity contribution in [2.24, 2.45) is 5.92 Å². The molecule has 1 aliphatic rings. The van der Waals surface area contributed by atoms with Gasteiger partial charge in [0.25, 0.3) is 0 Å². The average molecular weight is 177 g/mol. The van der Waals surface area contributed by atoms with Gasteiger partial charge >= 0.3 is 5.92 Å². The number of ketones is 1. The predicted octanol–water partition coefficient (Wildman–Crippen LogP) is 1.21.